The number of nitrogens with one attached hydrogen (secondary N) is 1. The third-order valence-electron chi connectivity index (χ3n) is 4.16. The number of carbonyl (C=O) groups excluding carboxylic acids is 1. The van der Waals surface area contributed by atoms with Crippen LogP contribution in [0.25, 0.3) is 22.4 Å². The zero-order valence-corrected chi connectivity index (χ0v) is 15.5. The average Bonchev–Trinajstić information content (AvgIpc) is 3.21. The number of nitrogens with zero attached hydrogens (tertiary/aromatic N) is 3. The molecular weight excluding hydrogens is 368 g/mol. The largest absolute Gasteiger partial charge is 0.296 e. The Balaban J connectivity index is 1.62. The molecule has 1 amide bonds. The number of anilines is 1. The highest BCUT2D eigenvalue weighted by Crippen LogP contribution is 2.27. The van der Waals surface area contributed by atoms with E-state index in [-0.39, 0.29) is 5.91 Å². The SMILES string of the molecule is N#C/C(=C/c1cccc2ccccc12)c1nnc(NC(=O)c2ccccc2)s1. The number of benzene rings is 3. The van der Waals surface area contributed by atoms with E-state index in [2.05, 4.69) is 21.6 Å². The average molecular weight is 382 g/mol. The quantitative estimate of drug-likeness (QED) is 0.503. The number of nitriles is 1. The van der Waals surface area contributed by atoms with Gasteiger partial charge in [-0.2, -0.15) is 5.26 Å². The Bertz CT molecular complexity index is 1220. The van der Waals surface area contributed by atoms with Gasteiger partial charge in [0.1, 0.15) is 6.07 Å². The predicted octanol–water partition coefficient (Wildman–Crippen LogP) is 5.01. The van der Waals surface area contributed by atoms with E-state index in [1.807, 2.05) is 48.5 Å². The molecule has 0 aliphatic carbocycles. The minimum Gasteiger partial charge on any atom is -0.296 e. The molecule has 0 saturated heterocycles. The molecule has 0 radical (unpaired) electrons. The van der Waals surface area contributed by atoms with Gasteiger partial charge in [0.15, 0.2) is 5.01 Å². The third-order valence-corrected chi connectivity index (χ3v) is 5.03. The Labute approximate surface area is 165 Å². The first kappa shape index (κ1) is 17.6. The minimum absolute atomic E-state index is 0.264. The molecule has 6 heteroatoms. The summed E-state index contributed by atoms with van der Waals surface area (Å²) in [5.74, 6) is -0.264. The van der Waals surface area contributed by atoms with Gasteiger partial charge in [0, 0.05) is 5.56 Å². The van der Waals surface area contributed by atoms with Gasteiger partial charge >= 0.3 is 0 Å². The number of carbonyl (C=O) groups is 1. The maximum absolute atomic E-state index is 12.2. The lowest BCUT2D eigenvalue weighted by Gasteiger charge is -2.02. The fourth-order valence-corrected chi connectivity index (χ4v) is 3.52. The molecule has 5 nitrogen and oxygen atoms in total. The molecule has 3 aromatic carbocycles. The molecule has 28 heavy (non-hydrogen) atoms. The number of amides is 1. The van der Waals surface area contributed by atoms with Crippen molar-refractivity contribution in [1.29, 1.82) is 5.26 Å². The number of allylic oxidation sites excluding steroid dienone is 1. The second kappa shape index (κ2) is 7.82. The number of hydrogen-bond acceptors (Lipinski definition) is 5. The van der Waals surface area contributed by atoms with Crippen LogP contribution in [0.4, 0.5) is 5.13 Å². The Morgan fingerprint density at radius 2 is 1.71 bits per heavy atom. The monoisotopic (exact) mass is 382 g/mol. The molecule has 0 aliphatic rings. The number of aromatic nitrogens is 2. The summed E-state index contributed by atoms with van der Waals surface area (Å²) in [5.41, 5.74) is 1.86. The number of hydrogen-bond donors (Lipinski definition) is 1. The van der Waals surface area contributed by atoms with Gasteiger partial charge in [0.05, 0.1) is 5.57 Å². The predicted molar refractivity (Wildman–Crippen MR) is 112 cm³/mol. The van der Waals surface area contributed by atoms with Gasteiger partial charge in [-0.15, -0.1) is 10.2 Å². The highest BCUT2D eigenvalue weighted by molar-refractivity contribution is 7.16. The number of fused-ring (bicyclic) bond motifs is 1. The molecule has 0 saturated carbocycles. The van der Waals surface area contributed by atoms with Crippen LogP contribution in [0.3, 0.4) is 0 Å². The Morgan fingerprint density at radius 1 is 0.964 bits per heavy atom. The highest BCUT2D eigenvalue weighted by atomic mass is 32.1. The van der Waals surface area contributed by atoms with E-state index in [4.69, 9.17) is 0 Å². The van der Waals surface area contributed by atoms with Crippen molar-refractivity contribution in [3.63, 3.8) is 0 Å². The van der Waals surface area contributed by atoms with Crippen molar-refractivity contribution in [3.05, 3.63) is 88.9 Å². The Morgan fingerprint density at radius 3 is 2.54 bits per heavy atom. The first-order chi connectivity index (χ1) is 13.7. The fraction of sp³-hybridized carbons (Fsp3) is 0. The zero-order valence-electron chi connectivity index (χ0n) is 14.7. The van der Waals surface area contributed by atoms with E-state index < -0.39 is 0 Å². The first-order valence-corrected chi connectivity index (χ1v) is 9.36. The van der Waals surface area contributed by atoms with Gasteiger partial charge in [-0.05, 0) is 34.5 Å². The van der Waals surface area contributed by atoms with Crippen LogP contribution in [-0.4, -0.2) is 16.1 Å². The second-order valence-corrected chi connectivity index (χ2v) is 6.95. The fourth-order valence-electron chi connectivity index (χ4n) is 2.82. The van der Waals surface area contributed by atoms with Gasteiger partial charge < -0.3 is 0 Å². The van der Waals surface area contributed by atoms with E-state index in [9.17, 15) is 10.1 Å². The van der Waals surface area contributed by atoms with E-state index in [1.165, 1.54) is 11.3 Å². The van der Waals surface area contributed by atoms with Gasteiger partial charge in [-0.1, -0.05) is 72.0 Å². The van der Waals surface area contributed by atoms with E-state index in [0.717, 1.165) is 16.3 Å². The maximum Gasteiger partial charge on any atom is 0.257 e. The van der Waals surface area contributed by atoms with Crippen molar-refractivity contribution in [2.75, 3.05) is 5.32 Å². The Hall–Kier alpha value is -3.82. The van der Waals surface area contributed by atoms with Crippen molar-refractivity contribution in [2.45, 2.75) is 0 Å². The first-order valence-electron chi connectivity index (χ1n) is 8.54. The Kier molecular flexibility index (Phi) is 4.91. The summed E-state index contributed by atoms with van der Waals surface area (Å²) in [6, 6.07) is 25.0. The normalized spacial score (nSPS) is 11.2. The molecule has 1 N–H and O–H groups in total. The van der Waals surface area contributed by atoms with Crippen LogP contribution in [0.1, 0.15) is 20.9 Å². The summed E-state index contributed by atoms with van der Waals surface area (Å²) in [6.45, 7) is 0. The summed E-state index contributed by atoms with van der Waals surface area (Å²) >= 11 is 1.17. The lowest BCUT2D eigenvalue weighted by Crippen LogP contribution is -2.11. The summed E-state index contributed by atoms with van der Waals surface area (Å²) in [4.78, 5) is 12.2. The molecule has 0 bridgehead atoms. The molecule has 0 aliphatic heterocycles. The van der Waals surface area contributed by atoms with Gasteiger partial charge in [-0.3, -0.25) is 10.1 Å². The lowest BCUT2D eigenvalue weighted by molar-refractivity contribution is 0.102. The molecule has 0 unspecified atom stereocenters. The number of rotatable bonds is 4. The molecule has 134 valence electrons. The molecule has 1 heterocycles. The lowest BCUT2D eigenvalue weighted by atomic mass is 10.0. The van der Waals surface area contributed by atoms with Crippen molar-refractivity contribution >= 4 is 44.8 Å². The molecular formula is C22H14N4OS. The molecule has 4 rings (SSSR count). The van der Waals surface area contributed by atoms with Crippen LogP contribution in [0, 0.1) is 11.3 Å². The standard InChI is InChI=1S/C22H14N4OS/c23-14-18(13-17-11-6-10-15-7-4-5-12-19(15)17)21-25-26-22(28-21)24-20(27)16-8-2-1-3-9-16/h1-13H,(H,24,26,27)/b18-13-. The van der Waals surface area contributed by atoms with Crippen molar-refractivity contribution in [3.8, 4) is 6.07 Å². The van der Waals surface area contributed by atoms with Crippen LogP contribution >= 0.6 is 11.3 Å². The van der Waals surface area contributed by atoms with Gasteiger partial charge in [0.2, 0.25) is 5.13 Å². The summed E-state index contributed by atoms with van der Waals surface area (Å²) in [5, 5.41) is 23.4. The van der Waals surface area contributed by atoms with Gasteiger partial charge in [-0.25, -0.2) is 0 Å². The topological polar surface area (TPSA) is 78.7 Å². The van der Waals surface area contributed by atoms with Crippen LogP contribution in [0.2, 0.25) is 0 Å². The summed E-state index contributed by atoms with van der Waals surface area (Å²) in [7, 11) is 0. The van der Waals surface area contributed by atoms with Crippen molar-refractivity contribution in [2.24, 2.45) is 0 Å². The summed E-state index contributed by atoms with van der Waals surface area (Å²) < 4.78 is 0. The van der Waals surface area contributed by atoms with E-state index in [0.29, 0.717) is 21.3 Å². The molecule has 4 aromatic rings. The minimum atomic E-state index is -0.264. The highest BCUT2D eigenvalue weighted by Gasteiger charge is 2.13. The second-order valence-electron chi connectivity index (χ2n) is 5.97. The van der Waals surface area contributed by atoms with Crippen LogP contribution in [-0.2, 0) is 0 Å². The van der Waals surface area contributed by atoms with E-state index in [1.54, 1.807) is 30.3 Å². The van der Waals surface area contributed by atoms with Gasteiger partial charge in [0.25, 0.3) is 5.91 Å². The molecule has 0 atom stereocenters. The maximum atomic E-state index is 12.2. The van der Waals surface area contributed by atoms with Crippen LogP contribution in [0.5, 0.6) is 0 Å². The van der Waals surface area contributed by atoms with Crippen LogP contribution in [0.15, 0.2) is 72.8 Å². The zero-order chi connectivity index (χ0) is 19.3. The smallest absolute Gasteiger partial charge is 0.257 e. The molecule has 1 aromatic heterocycles. The third kappa shape index (κ3) is 3.65. The summed E-state index contributed by atoms with van der Waals surface area (Å²) in [6.07, 6.45) is 1.80. The van der Waals surface area contributed by atoms with Crippen molar-refractivity contribution in [1.82, 2.24) is 10.2 Å². The van der Waals surface area contributed by atoms with Crippen LogP contribution < -0.4 is 5.32 Å². The molecule has 0 fully saturated rings. The van der Waals surface area contributed by atoms with Crippen molar-refractivity contribution < 1.29 is 4.79 Å². The molecule has 0 spiro atoms. The van der Waals surface area contributed by atoms with E-state index >= 15 is 0 Å².